The Labute approximate surface area is 146 Å². The number of hydrogen-bond donors (Lipinski definition) is 1. The highest BCUT2D eigenvalue weighted by Crippen LogP contribution is 2.32. The lowest BCUT2D eigenvalue weighted by atomic mass is 9.98. The number of para-hydroxylation sites is 1. The highest BCUT2D eigenvalue weighted by atomic mass is 16.6. The van der Waals surface area contributed by atoms with Crippen LogP contribution in [0.2, 0.25) is 0 Å². The molecule has 0 aromatic heterocycles. The summed E-state index contributed by atoms with van der Waals surface area (Å²) in [6, 6.07) is 10.6. The number of methoxy groups -OCH3 is 1. The van der Waals surface area contributed by atoms with Crippen molar-refractivity contribution in [2.24, 2.45) is 0 Å². The number of phenols is 1. The molecule has 2 aromatic rings. The van der Waals surface area contributed by atoms with Crippen LogP contribution in [-0.2, 0) is 19.4 Å². The number of aromatic hydroxyl groups is 1. The number of nitrogens with zero attached hydrogens (tertiary/aromatic N) is 2. The van der Waals surface area contributed by atoms with Crippen molar-refractivity contribution in [3.63, 3.8) is 0 Å². The van der Waals surface area contributed by atoms with E-state index >= 15 is 0 Å². The number of nitro benzene ring substituents is 1. The van der Waals surface area contributed by atoms with Crippen molar-refractivity contribution in [2.75, 3.05) is 20.2 Å². The summed E-state index contributed by atoms with van der Waals surface area (Å²) in [5, 5.41) is 21.0. The summed E-state index contributed by atoms with van der Waals surface area (Å²) in [4.78, 5) is 13.1. The molecule has 25 heavy (non-hydrogen) atoms. The first-order valence-electron chi connectivity index (χ1n) is 8.42. The van der Waals surface area contributed by atoms with Gasteiger partial charge in [0.05, 0.1) is 12.0 Å². The zero-order valence-corrected chi connectivity index (χ0v) is 14.3. The Balaban J connectivity index is 1.59. The summed E-state index contributed by atoms with van der Waals surface area (Å²) in [6.07, 6.45) is 2.47. The molecule has 0 fully saturated rings. The largest absolute Gasteiger partial charge is 0.504 e. The molecule has 1 aliphatic heterocycles. The van der Waals surface area contributed by atoms with Crippen LogP contribution in [0.15, 0.2) is 36.4 Å². The summed E-state index contributed by atoms with van der Waals surface area (Å²) in [5.41, 5.74) is 3.32. The fourth-order valence-corrected chi connectivity index (χ4v) is 3.38. The van der Waals surface area contributed by atoms with Crippen LogP contribution in [0.5, 0.6) is 11.5 Å². The number of fused-ring (bicyclic) bond motifs is 1. The number of nitro groups is 1. The van der Waals surface area contributed by atoms with Crippen LogP contribution >= 0.6 is 0 Å². The van der Waals surface area contributed by atoms with Crippen molar-refractivity contribution < 1.29 is 14.8 Å². The molecule has 0 radical (unpaired) electrons. The maximum absolute atomic E-state index is 11.1. The van der Waals surface area contributed by atoms with Crippen molar-refractivity contribution in [3.8, 4) is 11.5 Å². The lowest BCUT2D eigenvalue weighted by molar-refractivity contribution is -0.385. The minimum Gasteiger partial charge on any atom is -0.504 e. The van der Waals surface area contributed by atoms with Gasteiger partial charge in [-0.05, 0) is 49.1 Å². The molecule has 0 aliphatic carbocycles. The Bertz CT molecular complexity index is 776. The number of phenolic OH excluding ortho intramolecular Hbond substituents is 1. The van der Waals surface area contributed by atoms with E-state index in [1.54, 1.807) is 25.3 Å². The molecule has 2 aromatic carbocycles. The van der Waals surface area contributed by atoms with E-state index in [-0.39, 0.29) is 16.4 Å². The third-order valence-electron chi connectivity index (χ3n) is 4.70. The van der Waals surface area contributed by atoms with Crippen molar-refractivity contribution in [3.05, 3.63) is 63.2 Å². The second kappa shape index (κ2) is 7.53. The van der Waals surface area contributed by atoms with Crippen molar-refractivity contribution >= 4 is 5.69 Å². The van der Waals surface area contributed by atoms with E-state index < -0.39 is 0 Å². The molecular formula is C19H22N2O4. The molecule has 0 spiro atoms. The highest BCUT2D eigenvalue weighted by molar-refractivity contribution is 5.47. The molecule has 0 atom stereocenters. The molecule has 0 bridgehead atoms. The average Bonchev–Trinajstić information content (AvgIpc) is 2.61. The standard InChI is InChI=1S/C19H22N2O4/c1-25-19-12-15-8-10-20(13-16(15)11-18(19)22)9-4-6-14-5-2-3-7-17(14)21(23)24/h2-3,5,7,11-12,22H,4,6,8-10,13H2,1H3. The summed E-state index contributed by atoms with van der Waals surface area (Å²) in [7, 11) is 1.55. The van der Waals surface area contributed by atoms with Crippen molar-refractivity contribution in [1.82, 2.24) is 4.90 Å². The summed E-state index contributed by atoms with van der Waals surface area (Å²) in [5.74, 6) is 0.687. The van der Waals surface area contributed by atoms with Gasteiger partial charge in [0, 0.05) is 24.7 Å². The minimum absolute atomic E-state index is 0.169. The predicted molar refractivity (Wildman–Crippen MR) is 95.1 cm³/mol. The van der Waals surface area contributed by atoms with Gasteiger partial charge in [-0.15, -0.1) is 0 Å². The van der Waals surface area contributed by atoms with Crippen molar-refractivity contribution in [2.45, 2.75) is 25.8 Å². The number of benzene rings is 2. The van der Waals surface area contributed by atoms with Gasteiger partial charge in [0.2, 0.25) is 0 Å². The summed E-state index contributed by atoms with van der Waals surface area (Å²) in [6.45, 7) is 2.60. The average molecular weight is 342 g/mol. The molecule has 6 nitrogen and oxygen atoms in total. The minimum atomic E-state index is -0.317. The third kappa shape index (κ3) is 3.91. The molecule has 0 unspecified atom stereocenters. The number of hydrogen-bond acceptors (Lipinski definition) is 5. The van der Waals surface area contributed by atoms with Crippen LogP contribution < -0.4 is 4.74 Å². The fourth-order valence-electron chi connectivity index (χ4n) is 3.38. The SMILES string of the molecule is COc1cc2c(cc1O)CN(CCCc1ccccc1[N+](=O)[O-])CC2. The van der Waals surface area contributed by atoms with E-state index in [4.69, 9.17) is 4.74 Å². The van der Waals surface area contributed by atoms with Gasteiger partial charge in [0.15, 0.2) is 11.5 Å². The number of ether oxygens (including phenoxy) is 1. The van der Waals surface area contributed by atoms with Gasteiger partial charge in [0.25, 0.3) is 5.69 Å². The van der Waals surface area contributed by atoms with E-state index in [1.807, 2.05) is 18.2 Å². The Morgan fingerprint density at radius 3 is 2.84 bits per heavy atom. The molecule has 3 rings (SSSR count). The van der Waals surface area contributed by atoms with Gasteiger partial charge in [-0.3, -0.25) is 15.0 Å². The predicted octanol–water partition coefficient (Wildman–Crippen LogP) is 3.30. The lowest BCUT2D eigenvalue weighted by Crippen LogP contribution is -2.31. The van der Waals surface area contributed by atoms with E-state index in [0.717, 1.165) is 43.6 Å². The van der Waals surface area contributed by atoms with Gasteiger partial charge in [-0.2, -0.15) is 0 Å². The topological polar surface area (TPSA) is 75.8 Å². The van der Waals surface area contributed by atoms with Crippen molar-refractivity contribution in [1.29, 1.82) is 0 Å². The molecule has 0 saturated carbocycles. The number of aryl methyl sites for hydroxylation is 1. The van der Waals surface area contributed by atoms with Gasteiger partial charge < -0.3 is 9.84 Å². The summed E-state index contributed by atoms with van der Waals surface area (Å²) >= 11 is 0. The molecule has 132 valence electrons. The van der Waals surface area contributed by atoms with Crippen LogP contribution in [0, 0.1) is 10.1 Å². The highest BCUT2D eigenvalue weighted by Gasteiger charge is 2.19. The van der Waals surface area contributed by atoms with E-state index in [2.05, 4.69) is 4.90 Å². The molecule has 0 amide bonds. The molecule has 1 N–H and O–H groups in total. The quantitative estimate of drug-likeness (QED) is 0.644. The second-order valence-corrected chi connectivity index (χ2v) is 6.31. The smallest absolute Gasteiger partial charge is 0.272 e. The van der Waals surface area contributed by atoms with Gasteiger partial charge in [0.1, 0.15) is 0 Å². The Kier molecular flexibility index (Phi) is 5.19. The first-order valence-corrected chi connectivity index (χ1v) is 8.42. The third-order valence-corrected chi connectivity index (χ3v) is 4.70. The maximum Gasteiger partial charge on any atom is 0.272 e. The monoisotopic (exact) mass is 342 g/mol. The fraction of sp³-hybridized carbons (Fsp3) is 0.368. The first-order chi connectivity index (χ1) is 12.1. The van der Waals surface area contributed by atoms with Gasteiger partial charge in [-0.1, -0.05) is 18.2 Å². The summed E-state index contributed by atoms with van der Waals surface area (Å²) < 4.78 is 5.16. The Morgan fingerprint density at radius 2 is 2.08 bits per heavy atom. The van der Waals surface area contributed by atoms with Crippen LogP contribution in [0.1, 0.15) is 23.1 Å². The Morgan fingerprint density at radius 1 is 1.28 bits per heavy atom. The van der Waals surface area contributed by atoms with E-state index in [9.17, 15) is 15.2 Å². The van der Waals surface area contributed by atoms with Crippen LogP contribution in [0.25, 0.3) is 0 Å². The molecule has 6 heteroatoms. The molecule has 1 heterocycles. The van der Waals surface area contributed by atoms with Gasteiger partial charge in [-0.25, -0.2) is 0 Å². The van der Waals surface area contributed by atoms with Crippen LogP contribution in [-0.4, -0.2) is 35.1 Å². The maximum atomic E-state index is 11.1. The van der Waals surface area contributed by atoms with Crippen LogP contribution in [0.4, 0.5) is 5.69 Å². The number of rotatable bonds is 6. The molecule has 0 saturated heterocycles. The first kappa shape index (κ1) is 17.2. The zero-order valence-electron chi connectivity index (χ0n) is 14.3. The van der Waals surface area contributed by atoms with E-state index in [0.29, 0.717) is 12.2 Å². The second-order valence-electron chi connectivity index (χ2n) is 6.31. The van der Waals surface area contributed by atoms with Gasteiger partial charge >= 0.3 is 0 Å². The Hall–Kier alpha value is -2.60. The lowest BCUT2D eigenvalue weighted by Gasteiger charge is -2.29. The molecule has 1 aliphatic rings. The zero-order chi connectivity index (χ0) is 17.8. The normalized spacial score (nSPS) is 14.1. The van der Waals surface area contributed by atoms with E-state index in [1.165, 1.54) is 5.56 Å². The van der Waals surface area contributed by atoms with Crippen LogP contribution in [0.3, 0.4) is 0 Å². The molecular weight excluding hydrogens is 320 g/mol.